The Morgan fingerprint density at radius 2 is 2.14 bits per heavy atom. The molecule has 2 aliphatic rings. The smallest absolute Gasteiger partial charge is 0.319 e. The van der Waals surface area contributed by atoms with E-state index in [0.717, 1.165) is 28.7 Å². The van der Waals surface area contributed by atoms with Gasteiger partial charge in [0.15, 0.2) is 0 Å². The van der Waals surface area contributed by atoms with Crippen molar-refractivity contribution < 1.29 is 9.59 Å². The first kappa shape index (κ1) is 16.5. The molecule has 3 aromatic rings. The molecule has 0 spiro atoms. The number of aromatic nitrogens is 4. The highest BCUT2D eigenvalue weighted by Crippen LogP contribution is 2.29. The first-order valence-corrected chi connectivity index (χ1v) is 9.13. The number of amides is 3. The molecule has 1 aromatic carbocycles. The number of H-pyrrole nitrogens is 2. The van der Waals surface area contributed by atoms with Crippen molar-refractivity contribution in [1.29, 1.82) is 0 Å². The number of nitrogens with one attached hydrogen (secondary N) is 4. The topological polar surface area (TPSA) is 119 Å². The van der Waals surface area contributed by atoms with Gasteiger partial charge in [0.1, 0.15) is 11.9 Å². The summed E-state index contributed by atoms with van der Waals surface area (Å²) in [6.07, 6.45) is 2.48. The number of hydrogen-bond donors (Lipinski definition) is 4. The van der Waals surface area contributed by atoms with Crippen LogP contribution in [0.2, 0.25) is 0 Å². The number of rotatable bonds is 2. The van der Waals surface area contributed by atoms with Gasteiger partial charge in [0, 0.05) is 36.5 Å². The van der Waals surface area contributed by atoms with E-state index in [1.54, 1.807) is 18.0 Å². The first-order valence-electron chi connectivity index (χ1n) is 9.13. The van der Waals surface area contributed by atoms with Crippen molar-refractivity contribution in [3.63, 3.8) is 0 Å². The second kappa shape index (κ2) is 6.22. The zero-order valence-electron chi connectivity index (χ0n) is 15.2. The van der Waals surface area contributed by atoms with Crippen LogP contribution in [0.25, 0.3) is 11.0 Å². The molecule has 2 aliphatic heterocycles. The van der Waals surface area contributed by atoms with Gasteiger partial charge in [-0.25, -0.2) is 9.78 Å². The molecule has 0 radical (unpaired) electrons. The Morgan fingerprint density at radius 3 is 3.00 bits per heavy atom. The summed E-state index contributed by atoms with van der Waals surface area (Å²) in [4.78, 5) is 35.1. The third-order valence-corrected chi connectivity index (χ3v) is 5.27. The summed E-state index contributed by atoms with van der Waals surface area (Å²) < 4.78 is 0. The molecule has 28 heavy (non-hydrogen) atoms. The van der Waals surface area contributed by atoms with Crippen LogP contribution in [0, 0.1) is 0 Å². The van der Waals surface area contributed by atoms with Gasteiger partial charge >= 0.3 is 6.03 Å². The zero-order valence-corrected chi connectivity index (χ0v) is 15.2. The number of urea groups is 1. The van der Waals surface area contributed by atoms with Crippen LogP contribution in [-0.4, -0.2) is 43.5 Å². The highest BCUT2D eigenvalue weighted by atomic mass is 16.2. The predicted octanol–water partition coefficient (Wildman–Crippen LogP) is 1.50. The van der Waals surface area contributed by atoms with E-state index in [0.29, 0.717) is 30.2 Å². The van der Waals surface area contributed by atoms with Crippen molar-refractivity contribution in [2.45, 2.75) is 25.9 Å². The molecule has 1 atom stereocenters. The summed E-state index contributed by atoms with van der Waals surface area (Å²) in [6, 6.07) is 6.63. The summed E-state index contributed by atoms with van der Waals surface area (Å²) in [7, 11) is 0. The SMILES string of the molecule is CC1=C(C(=O)N2CCc3[nH]ncc3C2)C(c2nc3ccccc3[nH]2)NC(=O)N1. The van der Waals surface area contributed by atoms with Gasteiger partial charge in [-0.3, -0.25) is 9.89 Å². The van der Waals surface area contributed by atoms with Crippen LogP contribution in [0.4, 0.5) is 4.79 Å². The van der Waals surface area contributed by atoms with E-state index in [-0.39, 0.29) is 11.9 Å². The van der Waals surface area contributed by atoms with Crippen LogP contribution >= 0.6 is 0 Å². The van der Waals surface area contributed by atoms with Gasteiger partial charge in [0.05, 0.1) is 22.8 Å². The molecule has 9 nitrogen and oxygen atoms in total. The van der Waals surface area contributed by atoms with Crippen molar-refractivity contribution in [2.24, 2.45) is 0 Å². The normalized spacial score (nSPS) is 19.4. The van der Waals surface area contributed by atoms with Gasteiger partial charge in [-0.1, -0.05) is 12.1 Å². The molecule has 0 aliphatic carbocycles. The van der Waals surface area contributed by atoms with E-state index in [2.05, 4.69) is 30.8 Å². The van der Waals surface area contributed by atoms with Crippen LogP contribution in [0.3, 0.4) is 0 Å². The van der Waals surface area contributed by atoms with Crippen LogP contribution in [0.1, 0.15) is 30.0 Å². The number of allylic oxidation sites excluding steroid dienone is 1. The lowest BCUT2D eigenvalue weighted by molar-refractivity contribution is -0.128. The van der Waals surface area contributed by atoms with Gasteiger partial charge in [-0.2, -0.15) is 5.10 Å². The Morgan fingerprint density at radius 1 is 1.29 bits per heavy atom. The van der Waals surface area contributed by atoms with Gasteiger partial charge < -0.3 is 20.5 Å². The average Bonchev–Trinajstić information content (AvgIpc) is 3.32. The standard InChI is InChI=1S/C19H19N7O2/c1-10-15(18(27)26-7-6-12-11(9-26)8-20-25-12)16(24-19(28)21-10)17-22-13-4-2-3-5-14(13)23-17/h2-5,8,16H,6-7,9H2,1H3,(H,20,25)(H,22,23)(H2,21,24,28). The van der Waals surface area contributed by atoms with E-state index in [1.165, 1.54) is 0 Å². The van der Waals surface area contributed by atoms with E-state index < -0.39 is 6.04 Å². The lowest BCUT2D eigenvalue weighted by Crippen LogP contribution is -2.48. The fourth-order valence-corrected chi connectivity index (χ4v) is 3.86. The van der Waals surface area contributed by atoms with E-state index in [9.17, 15) is 9.59 Å². The average molecular weight is 377 g/mol. The summed E-state index contributed by atoms with van der Waals surface area (Å²) in [5.41, 5.74) is 4.76. The fourth-order valence-electron chi connectivity index (χ4n) is 3.86. The summed E-state index contributed by atoms with van der Waals surface area (Å²) >= 11 is 0. The minimum atomic E-state index is -0.639. The monoisotopic (exact) mass is 377 g/mol. The van der Waals surface area contributed by atoms with Crippen molar-refractivity contribution in [3.8, 4) is 0 Å². The summed E-state index contributed by atoms with van der Waals surface area (Å²) in [5, 5.41) is 12.6. The number of nitrogens with zero attached hydrogens (tertiary/aromatic N) is 3. The van der Waals surface area contributed by atoms with Crippen LogP contribution in [0.15, 0.2) is 41.7 Å². The van der Waals surface area contributed by atoms with Crippen molar-refractivity contribution in [1.82, 2.24) is 35.7 Å². The third kappa shape index (κ3) is 2.63. The van der Waals surface area contributed by atoms with Crippen molar-refractivity contribution in [2.75, 3.05) is 6.54 Å². The Kier molecular flexibility index (Phi) is 3.68. The highest BCUT2D eigenvalue weighted by molar-refractivity contribution is 5.98. The van der Waals surface area contributed by atoms with Gasteiger partial charge in [-0.15, -0.1) is 0 Å². The molecule has 2 aromatic heterocycles. The van der Waals surface area contributed by atoms with Crippen molar-refractivity contribution >= 4 is 23.0 Å². The first-order chi connectivity index (χ1) is 13.6. The molecule has 4 N–H and O–H groups in total. The maximum Gasteiger partial charge on any atom is 0.319 e. The third-order valence-electron chi connectivity index (χ3n) is 5.27. The second-order valence-corrected chi connectivity index (χ2v) is 7.06. The number of fused-ring (bicyclic) bond motifs is 2. The van der Waals surface area contributed by atoms with Crippen LogP contribution in [0.5, 0.6) is 0 Å². The van der Waals surface area contributed by atoms with E-state index >= 15 is 0 Å². The molecule has 1 unspecified atom stereocenters. The Balaban J connectivity index is 1.52. The van der Waals surface area contributed by atoms with Crippen molar-refractivity contribution in [3.05, 3.63) is 58.8 Å². The Hall–Kier alpha value is -3.62. The molecule has 0 bridgehead atoms. The zero-order chi connectivity index (χ0) is 19.3. The second-order valence-electron chi connectivity index (χ2n) is 7.06. The molecular weight excluding hydrogens is 358 g/mol. The number of hydrogen-bond acceptors (Lipinski definition) is 4. The Bertz CT molecular complexity index is 1090. The molecular formula is C19H19N7O2. The van der Waals surface area contributed by atoms with Crippen LogP contribution in [-0.2, 0) is 17.8 Å². The van der Waals surface area contributed by atoms with Crippen LogP contribution < -0.4 is 10.6 Å². The highest BCUT2D eigenvalue weighted by Gasteiger charge is 2.36. The molecule has 9 heteroatoms. The van der Waals surface area contributed by atoms with Gasteiger partial charge in [-0.05, 0) is 19.1 Å². The molecule has 3 amide bonds. The molecule has 142 valence electrons. The lowest BCUT2D eigenvalue weighted by Gasteiger charge is -2.32. The van der Waals surface area contributed by atoms with E-state index in [1.807, 2.05) is 24.3 Å². The number of benzene rings is 1. The maximum absolute atomic E-state index is 13.4. The number of para-hydroxylation sites is 2. The number of imidazole rings is 1. The molecule has 4 heterocycles. The largest absolute Gasteiger partial charge is 0.340 e. The van der Waals surface area contributed by atoms with Gasteiger partial charge in [0.2, 0.25) is 0 Å². The minimum absolute atomic E-state index is 0.123. The maximum atomic E-state index is 13.4. The minimum Gasteiger partial charge on any atom is -0.340 e. The number of carbonyl (C=O) groups excluding carboxylic acids is 2. The lowest BCUT2D eigenvalue weighted by atomic mass is 9.99. The molecule has 0 saturated carbocycles. The fraction of sp³-hybridized carbons (Fsp3) is 0.263. The molecule has 0 fully saturated rings. The Labute approximate surface area is 160 Å². The summed E-state index contributed by atoms with van der Waals surface area (Å²) in [6.45, 7) is 2.82. The number of carbonyl (C=O) groups is 2. The molecule has 0 saturated heterocycles. The molecule has 5 rings (SSSR count). The quantitative estimate of drug-likeness (QED) is 0.541. The van der Waals surface area contributed by atoms with Gasteiger partial charge in [0.25, 0.3) is 5.91 Å². The predicted molar refractivity (Wildman–Crippen MR) is 101 cm³/mol. The number of aromatic amines is 2. The van der Waals surface area contributed by atoms with E-state index in [4.69, 9.17) is 0 Å². The summed E-state index contributed by atoms with van der Waals surface area (Å²) in [5.74, 6) is 0.419.